The number of aromatic nitrogens is 1. The molecule has 2 rings (SSSR count). The highest BCUT2D eigenvalue weighted by atomic mass is 16.7. The molecule has 0 saturated heterocycles. The minimum atomic E-state index is -0.623. The molecular weight excluding hydrogens is 340 g/mol. The van der Waals surface area contributed by atoms with Gasteiger partial charge in [0.1, 0.15) is 0 Å². The summed E-state index contributed by atoms with van der Waals surface area (Å²) < 4.78 is 0.650. The highest BCUT2D eigenvalue weighted by Gasteiger charge is 2.36. The normalized spacial score (nSPS) is 15.0. The zero-order valence-corrected chi connectivity index (χ0v) is 15.4. The van der Waals surface area contributed by atoms with Gasteiger partial charge in [-0.05, 0) is 17.3 Å². The van der Waals surface area contributed by atoms with Crippen LogP contribution in [0.3, 0.4) is 0 Å². The van der Waals surface area contributed by atoms with E-state index in [4.69, 9.17) is 4.84 Å². The molecule has 1 aliphatic heterocycles. The SMILES string of the molecule is CC(C)(CC(=O)On1c(O)ccc1O)CC(C)(C)CN1C(=O)C=CC1=O. The number of carbonyl (C=O) groups excluding carboxylic acids is 3. The van der Waals surface area contributed by atoms with E-state index in [-0.39, 0.29) is 36.5 Å². The van der Waals surface area contributed by atoms with Gasteiger partial charge in [0.05, 0.1) is 6.42 Å². The molecule has 0 spiro atoms. The second-order valence-corrected chi connectivity index (χ2v) is 8.09. The van der Waals surface area contributed by atoms with Gasteiger partial charge in [0.2, 0.25) is 11.8 Å². The Hall–Kier alpha value is -2.77. The van der Waals surface area contributed by atoms with Crippen LogP contribution in [0, 0.1) is 10.8 Å². The topological polar surface area (TPSA) is 109 Å². The average molecular weight is 364 g/mol. The summed E-state index contributed by atoms with van der Waals surface area (Å²) in [5.41, 5.74) is -0.920. The third-order valence-corrected chi connectivity index (χ3v) is 4.06. The fourth-order valence-corrected chi connectivity index (χ4v) is 3.45. The number of aromatic hydroxyl groups is 2. The molecule has 2 heterocycles. The fraction of sp³-hybridized carbons (Fsp3) is 0.500. The van der Waals surface area contributed by atoms with Crippen LogP contribution in [0.5, 0.6) is 11.8 Å². The maximum Gasteiger partial charge on any atom is 0.333 e. The van der Waals surface area contributed by atoms with E-state index < -0.39 is 16.8 Å². The number of amides is 2. The van der Waals surface area contributed by atoms with E-state index in [0.29, 0.717) is 11.2 Å². The first kappa shape index (κ1) is 19.6. The van der Waals surface area contributed by atoms with Crippen molar-refractivity contribution in [3.63, 3.8) is 0 Å². The molecule has 0 fully saturated rings. The summed E-state index contributed by atoms with van der Waals surface area (Å²) in [5.74, 6) is -2.06. The van der Waals surface area contributed by atoms with Gasteiger partial charge in [0.15, 0.2) is 0 Å². The van der Waals surface area contributed by atoms with E-state index in [0.717, 1.165) is 0 Å². The minimum Gasteiger partial charge on any atom is -0.492 e. The largest absolute Gasteiger partial charge is 0.492 e. The number of nitrogens with zero attached hydrogens (tertiary/aromatic N) is 2. The summed E-state index contributed by atoms with van der Waals surface area (Å²) >= 11 is 0. The first-order chi connectivity index (χ1) is 11.9. The Labute approximate surface area is 151 Å². The Kier molecular flexibility index (Phi) is 5.16. The second-order valence-electron chi connectivity index (χ2n) is 8.09. The van der Waals surface area contributed by atoms with E-state index in [9.17, 15) is 24.6 Å². The Morgan fingerprint density at radius 1 is 1.00 bits per heavy atom. The van der Waals surface area contributed by atoms with Crippen LogP contribution in [-0.2, 0) is 14.4 Å². The first-order valence-corrected chi connectivity index (χ1v) is 8.25. The van der Waals surface area contributed by atoms with Gasteiger partial charge in [-0.25, -0.2) is 4.79 Å². The molecule has 0 aromatic carbocycles. The quantitative estimate of drug-likeness (QED) is 0.712. The monoisotopic (exact) mass is 364 g/mol. The molecule has 0 atom stereocenters. The summed E-state index contributed by atoms with van der Waals surface area (Å²) in [7, 11) is 0. The van der Waals surface area contributed by atoms with Gasteiger partial charge in [0.25, 0.3) is 11.8 Å². The van der Waals surface area contributed by atoms with Gasteiger partial charge >= 0.3 is 5.97 Å². The molecular formula is C18H24N2O6. The second kappa shape index (κ2) is 6.86. The van der Waals surface area contributed by atoms with Crippen molar-refractivity contribution < 1.29 is 29.4 Å². The van der Waals surface area contributed by atoms with Crippen LogP contribution < -0.4 is 4.84 Å². The molecule has 1 aromatic heterocycles. The van der Waals surface area contributed by atoms with Crippen molar-refractivity contribution in [3.8, 4) is 11.8 Å². The van der Waals surface area contributed by atoms with E-state index in [2.05, 4.69) is 0 Å². The Balaban J connectivity index is 1.97. The molecule has 0 radical (unpaired) electrons. The lowest BCUT2D eigenvalue weighted by Gasteiger charge is -2.36. The molecule has 26 heavy (non-hydrogen) atoms. The molecule has 142 valence electrons. The lowest BCUT2D eigenvalue weighted by molar-refractivity contribution is -0.149. The lowest BCUT2D eigenvalue weighted by atomic mass is 9.73. The smallest absolute Gasteiger partial charge is 0.333 e. The van der Waals surface area contributed by atoms with Crippen LogP contribution in [0.2, 0.25) is 0 Å². The molecule has 0 saturated carbocycles. The van der Waals surface area contributed by atoms with Crippen LogP contribution in [0.4, 0.5) is 0 Å². The minimum absolute atomic E-state index is 0.0215. The Morgan fingerprint density at radius 2 is 1.50 bits per heavy atom. The summed E-state index contributed by atoms with van der Waals surface area (Å²) in [6.45, 7) is 7.83. The van der Waals surface area contributed by atoms with Gasteiger partial charge in [-0.2, -0.15) is 0 Å². The molecule has 0 bridgehead atoms. The van der Waals surface area contributed by atoms with Crippen molar-refractivity contribution in [3.05, 3.63) is 24.3 Å². The molecule has 1 aromatic rings. The maximum absolute atomic E-state index is 12.2. The van der Waals surface area contributed by atoms with Gasteiger partial charge in [-0.15, -0.1) is 4.73 Å². The van der Waals surface area contributed by atoms with E-state index in [1.165, 1.54) is 29.2 Å². The molecule has 8 nitrogen and oxygen atoms in total. The number of hydrogen-bond donors (Lipinski definition) is 2. The summed E-state index contributed by atoms with van der Waals surface area (Å²) in [6.07, 6.45) is 3.05. The Morgan fingerprint density at radius 3 is 2.00 bits per heavy atom. The average Bonchev–Trinajstić information content (AvgIpc) is 2.95. The predicted molar refractivity (Wildman–Crippen MR) is 92.0 cm³/mol. The third kappa shape index (κ3) is 4.65. The molecule has 0 aliphatic carbocycles. The van der Waals surface area contributed by atoms with Crippen molar-refractivity contribution >= 4 is 17.8 Å². The highest BCUT2D eigenvalue weighted by Crippen LogP contribution is 2.37. The van der Waals surface area contributed by atoms with Crippen molar-refractivity contribution in [1.82, 2.24) is 9.63 Å². The molecule has 2 amide bonds. The number of rotatable bonds is 7. The summed E-state index contributed by atoms with van der Waals surface area (Å²) in [5, 5.41) is 19.0. The Bertz CT molecular complexity index is 722. The van der Waals surface area contributed by atoms with Crippen LogP contribution in [-0.4, -0.2) is 44.2 Å². The van der Waals surface area contributed by atoms with E-state index in [1.54, 1.807) is 0 Å². The third-order valence-electron chi connectivity index (χ3n) is 4.06. The number of carbonyl (C=O) groups is 3. The highest BCUT2D eigenvalue weighted by molar-refractivity contribution is 6.12. The van der Waals surface area contributed by atoms with Crippen molar-refractivity contribution in [1.29, 1.82) is 0 Å². The van der Waals surface area contributed by atoms with Crippen LogP contribution in [0.25, 0.3) is 0 Å². The standard InChI is InChI=1S/C18H24N2O6/c1-17(2,9-16(25)26-20-14(23)7-8-15(20)24)10-18(3,4)11-19-12(21)5-6-13(19)22/h5-8,23-24H,9-11H2,1-4H3. The van der Waals surface area contributed by atoms with Crippen molar-refractivity contribution in [2.24, 2.45) is 10.8 Å². The van der Waals surface area contributed by atoms with Crippen LogP contribution in [0.1, 0.15) is 40.5 Å². The maximum atomic E-state index is 12.2. The summed E-state index contributed by atoms with van der Waals surface area (Å²) in [4.78, 5) is 41.8. The van der Waals surface area contributed by atoms with Crippen LogP contribution in [0.15, 0.2) is 24.3 Å². The summed E-state index contributed by atoms with van der Waals surface area (Å²) in [6, 6.07) is 2.41. The number of hydrogen-bond acceptors (Lipinski definition) is 6. The van der Waals surface area contributed by atoms with Gasteiger partial charge < -0.3 is 15.1 Å². The van der Waals surface area contributed by atoms with Crippen molar-refractivity contribution in [2.45, 2.75) is 40.5 Å². The first-order valence-electron chi connectivity index (χ1n) is 8.25. The van der Waals surface area contributed by atoms with E-state index in [1.807, 2.05) is 27.7 Å². The molecule has 1 aliphatic rings. The zero-order valence-electron chi connectivity index (χ0n) is 15.4. The zero-order chi connectivity index (χ0) is 19.7. The molecule has 0 unspecified atom stereocenters. The van der Waals surface area contributed by atoms with Crippen LogP contribution >= 0.6 is 0 Å². The van der Waals surface area contributed by atoms with Gasteiger partial charge in [-0.1, -0.05) is 27.7 Å². The molecule has 8 heteroatoms. The van der Waals surface area contributed by atoms with Crippen molar-refractivity contribution in [2.75, 3.05) is 6.54 Å². The fourth-order valence-electron chi connectivity index (χ4n) is 3.45. The lowest BCUT2D eigenvalue weighted by Crippen LogP contribution is -2.41. The molecule has 2 N–H and O–H groups in total. The number of imide groups is 1. The van der Waals surface area contributed by atoms with Gasteiger partial charge in [-0.3, -0.25) is 14.5 Å². The predicted octanol–water partition coefficient (Wildman–Crippen LogP) is 1.61. The van der Waals surface area contributed by atoms with E-state index >= 15 is 0 Å². The van der Waals surface area contributed by atoms with Gasteiger partial charge in [0, 0.05) is 30.8 Å².